The first-order chi connectivity index (χ1) is 7.25. The highest BCUT2D eigenvalue weighted by molar-refractivity contribution is 6.30. The van der Waals surface area contributed by atoms with E-state index in [-0.39, 0.29) is 12.0 Å². The first-order valence-electron chi connectivity index (χ1n) is 4.90. The van der Waals surface area contributed by atoms with Gasteiger partial charge in [0.25, 0.3) is 0 Å². The van der Waals surface area contributed by atoms with Crippen LogP contribution in [0.15, 0.2) is 24.3 Å². The minimum atomic E-state index is -0.163. The molecular formula is C11H12ClNO2. The van der Waals surface area contributed by atoms with Crippen LogP contribution in [-0.2, 0) is 16.0 Å². The van der Waals surface area contributed by atoms with Gasteiger partial charge >= 0.3 is 5.97 Å². The van der Waals surface area contributed by atoms with Gasteiger partial charge in [0.15, 0.2) is 0 Å². The summed E-state index contributed by atoms with van der Waals surface area (Å²) in [6, 6.07) is 7.52. The van der Waals surface area contributed by atoms with Crippen molar-refractivity contribution in [2.45, 2.75) is 18.9 Å². The molecule has 0 bridgehead atoms. The van der Waals surface area contributed by atoms with Crippen LogP contribution in [0.4, 0.5) is 0 Å². The number of nitrogens with one attached hydrogen (secondary N) is 1. The Labute approximate surface area is 93.4 Å². The number of cyclic esters (lactones) is 1. The van der Waals surface area contributed by atoms with Crippen LogP contribution in [0.3, 0.4) is 0 Å². The molecule has 2 rings (SSSR count). The van der Waals surface area contributed by atoms with Crippen molar-refractivity contribution in [3.8, 4) is 0 Å². The summed E-state index contributed by atoms with van der Waals surface area (Å²) in [5.41, 5.74) is 1.14. The van der Waals surface area contributed by atoms with Crippen molar-refractivity contribution in [3.63, 3.8) is 0 Å². The number of aryl methyl sites for hydroxylation is 1. The molecule has 1 atom stereocenters. The van der Waals surface area contributed by atoms with E-state index in [1.807, 2.05) is 24.3 Å². The standard InChI is InChI=1S/C11H12ClNO2/c12-9-3-1-2-8(6-9)4-5-10-11(14)15-7-13-10/h1-3,6,10,13H,4-5,7H2/t10-/m0/s1. The third-order valence-electron chi connectivity index (χ3n) is 2.44. The summed E-state index contributed by atoms with van der Waals surface area (Å²) >= 11 is 5.86. The summed E-state index contributed by atoms with van der Waals surface area (Å²) in [4.78, 5) is 11.2. The Balaban J connectivity index is 1.90. The Hall–Kier alpha value is -1.06. The van der Waals surface area contributed by atoms with Gasteiger partial charge in [0.2, 0.25) is 0 Å². The van der Waals surface area contributed by atoms with E-state index in [1.54, 1.807) is 0 Å². The average molecular weight is 226 g/mol. The first kappa shape index (κ1) is 10.5. The quantitative estimate of drug-likeness (QED) is 0.797. The normalized spacial score (nSPS) is 20.3. The summed E-state index contributed by atoms with van der Waals surface area (Å²) in [5.74, 6) is -0.156. The van der Waals surface area contributed by atoms with Gasteiger partial charge in [-0.1, -0.05) is 23.7 Å². The summed E-state index contributed by atoms with van der Waals surface area (Å²) in [6.07, 6.45) is 1.58. The van der Waals surface area contributed by atoms with Crippen LogP contribution in [0.1, 0.15) is 12.0 Å². The van der Waals surface area contributed by atoms with Crippen LogP contribution >= 0.6 is 11.6 Å². The maximum Gasteiger partial charge on any atom is 0.324 e. The van der Waals surface area contributed by atoms with E-state index in [0.29, 0.717) is 6.73 Å². The van der Waals surface area contributed by atoms with Gasteiger partial charge < -0.3 is 4.74 Å². The molecule has 80 valence electrons. The van der Waals surface area contributed by atoms with Crippen LogP contribution in [0.25, 0.3) is 0 Å². The Morgan fingerprint density at radius 3 is 3.07 bits per heavy atom. The second kappa shape index (κ2) is 4.64. The Morgan fingerprint density at radius 2 is 2.40 bits per heavy atom. The van der Waals surface area contributed by atoms with Gasteiger partial charge in [-0.05, 0) is 30.5 Å². The van der Waals surface area contributed by atoms with Crippen molar-refractivity contribution >= 4 is 17.6 Å². The Morgan fingerprint density at radius 1 is 1.53 bits per heavy atom. The zero-order valence-electron chi connectivity index (χ0n) is 8.20. The van der Waals surface area contributed by atoms with Crippen molar-refractivity contribution in [1.82, 2.24) is 5.32 Å². The fourth-order valence-electron chi connectivity index (χ4n) is 1.62. The second-order valence-electron chi connectivity index (χ2n) is 3.53. The molecule has 15 heavy (non-hydrogen) atoms. The van der Waals surface area contributed by atoms with E-state index < -0.39 is 0 Å². The van der Waals surface area contributed by atoms with Crippen molar-refractivity contribution in [2.75, 3.05) is 6.73 Å². The molecule has 1 N–H and O–H groups in total. The molecule has 0 aromatic heterocycles. The Bertz CT molecular complexity index is 367. The number of carbonyl (C=O) groups excluding carboxylic acids is 1. The van der Waals surface area contributed by atoms with Gasteiger partial charge in [0.05, 0.1) is 0 Å². The van der Waals surface area contributed by atoms with E-state index in [9.17, 15) is 4.79 Å². The molecule has 1 aliphatic rings. The summed E-state index contributed by atoms with van der Waals surface area (Å²) < 4.78 is 4.80. The molecule has 0 radical (unpaired) electrons. The second-order valence-corrected chi connectivity index (χ2v) is 3.97. The van der Waals surface area contributed by atoms with E-state index in [1.165, 1.54) is 0 Å². The zero-order valence-corrected chi connectivity index (χ0v) is 8.96. The van der Waals surface area contributed by atoms with Crippen LogP contribution in [0, 0.1) is 0 Å². The molecule has 1 aromatic rings. The molecule has 0 amide bonds. The van der Waals surface area contributed by atoms with Crippen LogP contribution in [0.5, 0.6) is 0 Å². The smallest absolute Gasteiger partial charge is 0.324 e. The number of hydrogen-bond acceptors (Lipinski definition) is 3. The predicted molar refractivity (Wildman–Crippen MR) is 57.7 cm³/mol. The van der Waals surface area contributed by atoms with Crippen LogP contribution in [0.2, 0.25) is 5.02 Å². The van der Waals surface area contributed by atoms with E-state index in [4.69, 9.17) is 16.3 Å². The lowest BCUT2D eigenvalue weighted by molar-refractivity contribution is -0.139. The summed E-state index contributed by atoms with van der Waals surface area (Å²) in [6.45, 7) is 0.332. The lowest BCUT2D eigenvalue weighted by Gasteiger charge is -2.05. The number of esters is 1. The summed E-state index contributed by atoms with van der Waals surface area (Å²) in [7, 11) is 0. The highest BCUT2D eigenvalue weighted by atomic mass is 35.5. The highest BCUT2D eigenvalue weighted by Crippen LogP contribution is 2.14. The molecule has 0 unspecified atom stereocenters. The largest absolute Gasteiger partial charge is 0.449 e. The molecular weight excluding hydrogens is 214 g/mol. The van der Waals surface area contributed by atoms with Gasteiger partial charge in [-0.25, -0.2) is 0 Å². The maximum atomic E-state index is 11.2. The number of benzene rings is 1. The molecule has 0 spiro atoms. The zero-order chi connectivity index (χ0) is 10.7. The number of rotatable bonds is 3. The van der Waals surface area contributed by atoms with Gasteiger partial charge in [0.1, 0.15) is 12.8 Å². The van der Waals surface area contributed by atoms with Crippen LogP contribution in [-0.4, -0.2) is 18.7 Å². The Kier molecular flexibility index (Phi) is 3.23. The van der Waals surface area contributed by atoms with Gasteiger partial charge in [-0.2, -0.15) is 0 Å². The SMILES string of the molecule is O=C1OCN[C@H]1CCc1cccc(Cl)c1. The van der Waals surface area contributed by atoms with Crippen molar-refractivity contribution in [2.24, 2.45) is 0 Å². The summed E-state index contributed by atoms with van der Waals surface area (Å²) in [5, 5.41) is 3.72. The molecule has 0 saturated carbocycles. The van der Waals surface area contributed by atoms with Crippen molar-refractivity contribution < 1.29 is 9.53 Å². The minimum Gasteiger partial charge on any atom is -0.449 e. The lowest BCUT2D eigenvalue weighted by atomic mass is 10.1. The predicted octanol–water partition coefficient (Wildman–Crippen LogP) is 1.75. The number of carbonyl (C=O) groups is 1. The van der Waals surface area contributed by atoms with Crippen LogP contribution < -0.4 is 5.32 Å². The van der Waals surface area contributed by atoms with Gasteiger partial charge in [-0.3, -0.25) is 10.1 Å². The van der Waals surface area contributed by atoms with E-state index in [0.717, 1.165) is 23.4 Å². The first-order valence-corrected chi connectivity index (χ1v) is 5.28. The monoisotopic (exact) mass is 225 g/mol. The third kappa shape index (κ3) is 2.70. The lowest BCUT2D eigenvalue weighted by Crippen LogP contribution is -2.27. The minimum absolute atomic E-state index is 0.156. The highest BCUT2D eigenvalue weighted by Gasteiger charge is 2.24. The molecule has 1 fully saturated rings. The van der Waals surface area contributed by atoms with E-state index in [2.05, 4.69) is 5.32 Å². The fourth-order valence-corrected chi connectivity index (χ4v) is 1.83. The third-order valence-corrected chi connectivity index (χ3v) is 2.67. The van der Waals surface area contributed by atoms with Gasteiger partial charge in [-0.15, -0.1) is 0 Å². The van der Waals surface area contributed by atoms with Crippen molar-refractivity contribution in [3.05, 3.63) is 34.9 Å². The molecule has 0 aliphatic carbocycles. The molecule has 4 heteroatoms. The van der Waals surface area contributed by atoms with E-state index >= 15 is 0 Å². The molecule has 1 heterocycles. The van der Waals surface area contributed by atoms with Gasteiger partial charge in [0, 0.05) is 5.02 Å². The molecule has 3 nitrogen and oxygen atoms in total. The number of hydrogen-bond donors (Lipinski definition) is 1. The topological polar surface area (TPSA) is 38.3 Å². The maximum absolute atomic E-state index is 11.2. The van der Waals surface area contributed by atoms with Crippen molar-refractivity contribution in [1.29, 1.82) is 0 Å². The number of ether oxygens (including phenoxy) is 1. The molecule has 1 aliphatic heterocycles. The number of halogens is 1. The average Bonchev–Trinajstić information content (AvgIpc) is 2.61. The fraction of sp³-hybridized carbons (Fsp3) is 0.364. The molecule has 1 aromatic carbocycles. The molecule has 1 saturated heterocycles.